The van der Waals surface area contributed by atoms with Crippen LogP contribution < -0.4 is 14.8 Å². The molecule has 25 heavy (non-hydrogen) atoms. The third kappa shape index (κ3) is 3.14. The molecule has 0 saturated carbocycles. The van der Waals surface area contributed by atoms with Gasteiger partial charge in [0, 0.05) is 5.69 Å². The minimum atomic E-state index is -0.670. The van der Waals surface area contributed by atoms with E-state index in [1.807, 2.05) is 12.1 Å². The Bertz CT molecular complexity index is 949. The second-order valence-corrected chi connectivity index (χ2v) is 5.94. The van der Waals surface area contributed by atoms with E-state index in [9.17, 15) is 9.90 Å². The number of anilines is 1. The highest BCUT2D eigenvalue weighted by molar-refractivity contribution is 5.94. The Hall–Kier alpha value is -3.06. The quantitative estimate of drug-likeness (QED) is 0.679. The van der Waals surface area contributed by atoms with Gasteiger partial charge in [-0.2, -0.15) is 0 Å². The fourth-order valence-electron chi connectivity index (χ4n) is 2.75. The molecule has 0 bridgehead atoms. The highest BCUT2D eigenvalue weighted by Gasteiger charge is 2.15. The molecule has 1 aliphatic rings. The molecule has 0 saturated heterocycles. The predicted molar refractivity (Wildman–Crippen MR) is 91.6 cm³/mol. The van der Waals surface area contributed by atoms with Crippen molar-refractivity contribution in [1.29, 1.82) is 0 Å². The number of aromatic amines is 1. The van der Waals surface area contributed by atoms with Crippen LogP contribution in [0.15, 0.2) is 36.4 Å². The summed E-state index contributed by atoms with van der Waals surface area (Å²) < 4.78 is 10.6. The normalized spacial score (nSPS) is 13.8. The lowest BCUT2D eigenvalue weighted by atomic mass is 10.1. The molecule has 3 aromatic rings. The van der Waals surface area contributed by atoms with Crippen molar-refractivity contribution in [3.05, 3.63) is 47.8 Å². The van der Waals surface area contributed by atoms with E-state index >= 15 is 0 Å². The number of hydrogen-bond donors (Lipinski definition) is 3. The number of rotatable bonds is 4. The van der Waals surface area contributed by atoms with Crippen LogP contribution >= 0.6 is 0 Å². The molecular formula is C18H17N3O4. The molecule has 1 aromatic heterocycles. The highest BCUT2D eigenvalue weighted by atomic mass is 16.7. The third-order valence-electron chi connectivity index (χ3n) is 3.98. The zero-order valence-corrected chi connectivity index (χ0v) is 13.6. The number of nitrogens with one attached hydrogen (secondary N) is 2. The number of amides is 1. The van der Waals surface area contributed by atoms with E-state index in [2.05, 4.69) is 15.3 Å². The first-order valence-corrected chi connectivity index (χ1v) is 7.94. The zero-order valence-electron chi connectivity index (χ0n) is 13.6. The van der Waals surface area contributed by atoms with Gasteiger partial charge >= 0.3 is 0 Å². The molecule has 0 radical (unpaired) electrons. The van der Waals surface area contributed by atoms with Gasteiger partial charge in [-0.1, -0.05) is 6.07 Å². The number of imidazole rings is 1. The van der Waals surface area contributed by atoms with Crippen molar-refractivity contribution in [3.8, 4) is 11.5 Å². The number of fused-ring (bicyclic) bond motifs is 2. The fraction of sp³-hybridized carbons (Fsp3) is 0.222. The zero-order chi connectivity index (χ0) is 17.4. The van der Waals surface area contributed by atoms with Gasteiger partial charge in [-0.3, -0.25) is 4.79 Å². The predicted octanol–water partition coefficient (Wildman–Crippen LogP) is 2.53. The van der Waals surface area contributed by atoms with Crippen LogP contribution in [0.2, 0.25) is 0 Å². The van der Waals surface area contributed by atoms with Gasteiger partial charge in [0.15, 0.2) is 11.5 Å². The maximum Gasteiger partial charge on any atom is 0.231 e. The number of aromatic nitrogens is 2. The van der Waals surface area contributed by atoms with Gasteiger partial charge in [-0.25, -0.2) is 4.98 Å². The summed E-state index contributed by atoms with van der Waals surface area (Å²) in [7, 11) is 0. The number of aliphatic hydroxyl groups is 1. The maximum absolute atomic E-state index is 12.3. The van der Waals surface area contributed by atoms with Crippen molar-refractivity contribution < 1.29 is 19.4 Å². The van der Waals surface area contributed by atoms with Gasteiger partial charge in [0.05, 0.1) is 17.5 Å². The molecule has 7 nitrogen and oxygen atoms in total. The van der Waals surface area contributed by atoms with Crippen molar-refractivity contribution in [3.63, 3.8) is 0 Å². The van der Waals surface area contributed by atoms with Gasteiger partial charge < -0.3 is 24.9 Å². The Morgan fingerprint density at radius 3 is 2.96 bits per heavy atom. The smallest absolute Gasteiger partial charge is 0.231 e. The van der Waals surface area contributed by atoms with E-state index in [-0.39, 0.29) is 19.1 Å². The fourth-order valence-corrected chi connectivity index (χ4v) is 2.75. The molecule has 1 amide bonds. The summed E-state index contributed by atoms with van der Waals surface area (Å²) in [4.78, 5) is 19.6. The second kappa shape index (κ2) is 6.10. The van der Waals surface area contributed by atoms with Crippen molar-refractivity contribution in [2.45, 2.75) is 19.4 Å². The standard InChI is InChI=1S/C18H17N3O4/c1-10(22)18-20-13-4-3-12(8-14(13)21-18)19-17(23)7-11-2-5-15-16(6-11)25-9-24-15/h2-6,8,10,22H,7,9H2,1H3,(H,19,23)(H,20,21). The number of ether oxygens (including phenoxy) is 2. The van der Waals surface area contributed by atoms with Crippen LogP contribution in [0.1, 0.15) is 24.4 Å². The van der Waals surface area contributed by atoms with Gasteiger partial charge in [-0.05, 0) is 42.8 Å². The average Bonchev–Trinajstić information content (AvgIpc) is 3.20. The van der Waals surface area contributed by atoms with Gasteiger partial charge in [0.2, 0.25) is 12.7 Å². The number of benzene rings is 2. The van der Waals surface area contributed by atoms with Crippen molar-refractivity contribution >= 4 is 22.6 Å². The van der Waals surface area contributed by atoms with E-state index in [0.717, 1.165) is 16.6 Å². The van der Waals surface area contributed by atoms with Crippen molar-refractivity contribution in [1.82, 2.24) is 9.97 Å². The number of H-pyrrole nitrogens is 1. The number of carbonyl (C=O) groups excluding carboxylic acids is 1. The SMILES string of the molecule is CC(O)c1nc2ccc(NC(=O)Cc3ccc4c(c3)OCO4)cc2[nH]1. The largest absolute Gasteiger partial charge is 0.454 e. The molecule has 1 aliphatic heterocycles. The Morgan fingerprint density at radius 1 is 1.28 bits per heavy atom. The number of carbonyl (C=O) groups is 1. The summed E-state index contributed by atoms with van der Waals surface area (Å²) in [6.45, 7) is 1.86. The van der Waals surface area contributed by atoms with E-state index in [0.29, 0.717) is 23.0 Å². The minimum absolute atomic E-state index is 0.131. The molecule has 7 heteroatoms. The molecule has 0 spiro atoms. The molecule has 2 heterocycles. The molecule has 2 aromatic carbocycles. The van der Waals surface area contributed by atoms with E-state index in [1.165, 1.54) is 0 Å². The molecular weight excluding hydrogens is 322 g/mol. The topological polar surface area (TPSA) is 96.5 Å². The Labute approximate surface area is 143 Å². The summed E-state index contributed by atoms with van der Waals surface area (Å²) in [6.07, 6.45) is -0.437. The minimum Gasteiger partial charge on any atom is -0.454 e. The van der Waals surface area contributed by atoms with Crippen LogP contribution in [-0.4, -0.2) is 27.8 Å². The first-order valence-electron chi connectivity index (χ1n) is 7.94. The number of aliphatic hydroxyl groups excluding tert-OH is 1. The van der Waals surface area contributed by atoms with Gasteiger partial charge in [0.1, 0.15) is 11.9 Å². The molecule has 0 aliphatic carbocycles. The van der Waals surface area contributed by atoms with Crippen LogP contribution in [0, 0.1) is 0 Å². The highest BCUT2D eigenvalue weighted by Crippen LogP contribution is 2.32. The van der Waals surface area contributed by atoms with E-state index in [1.54, 1.807) is 31.2 Å². The molecule has 0 fully saturated rings. The average molecular weight is 339 g/mol. The summed E-state index contributed by atoms with van der Waals surface area (Å²) >= 11 is 0. The summed E-state index contributed by atoms with van der Waals surface area (Å²) in [5.74, 6) is 1.73. The lowest BCUT2D eigenvalue weighted by Gasteiger charge is -2.06. The lowest BCUT2D eigenvalue weighted by molar-refractivity contribution is -0.115. The van der Waals surface area contributed by atoms with Crippen LogP contribution in [0.25, 0.3) is 11.0 Å². The number of hydrogen-bond acceptors (Lipinski definition) is 5. The molecule has 3 N–H and O–H groups in total. The van der Waals surface area contributed by atoms with Crippen molar-refractivity contribution in [2.24, 2.45) is 0 Å². The maximum atomic E-state index is 12.3. The summed E-state index contributed by atoms with van der Waals surface area (Å²) in [6, 6.07) is 10.8. The van der Waals surface area contributed by atoms with Gasteiger partial charge in [-0.15, -0.1) is 0 Å². The van der Waals surface area contributed by atoms with Crippen LogP contribution in [0.3, 0.4) is 0 Å². The molecule has 1 unspecified atom stereocenters. The third-order valence-corrected chi connectivity index (χ3v) is 3.98. The number of nitrogens with zero attached hydrogens (tertiary/aromatic N) is 1. The van der Waals surface area contributed by atoms with Crippen LogP contribution in [-0.2, 0) is 11.2 Å². The second-order valence-electron chi connectivity index (χ2n) is 5.94. The Balaban J connectivity index is 1.47. The van der Waals surface area contributed by atoms with E-state index in [4.69, 9.17) is 9.47 Å². The molecule has 1 atom stereocenters. The molecule has 4 rings (SSSR count). The van der Waals surface area contributed by atoms with Crippen molar-refractivity contribution in [2.75, 3.05) is 12.1 Å². The Morgan fingerprint density at radius 2 is 2.12 bits per heavy atom. The lowest BCUT2D eigenvalue weighted by Crippen LogP contribution is -2.14. The van der Waals surface area contributed by atoms with Crippen LogP contribution in [0.4, 0.5) is 5.69 Å². The van der Waals surface area contributed by atoms with Crippen LogP contribution in [0.5, 0.6) is 11.5 Å². The first kappa shape index (κ1) is 15.5. The molecule has 128 valence electrons. The van der Waals surface area contributed by atoms with E-state index < -0.39 is 6.10 Å². The monoisotopic (exact) mass is 339 g/mol. The van der Waals surface area contributed by atoms with Gasteiger partial charge in [0.25, 0.3) is 0 Å². The summed E-state index contributed by atoms with van der Waals surface area (Å²) in [5, 5.41) is 12.5. The Kier molecular flexibility index (Phi) is 3.77. The first-order chi connectivity index (χ1) is 12.1. The summed E-state index contributed by atoms with van der Waals surface area (Å²) in [5.41, 5.74) is 3.02.